The number of hydrogen-bond donors (Lipinski definition) is 2. The maximum absolute atomic E-state index is 12.8. The summed E-state index contributed by atoms with van der Waals surface area (Å²) in [5, 5.41) is 14.2. The monoisotopic (exact) mass is 366 g/mol. The van der Waals surface area contributed by atoms with E-state index in [0.29, 0.717) is 5.22 Å². The molecule has 138 valence electrons. The van der Waals surface area contributed by atoms with Gasteiger partial charge in [-0.15, -0.1) is 10.2 Å². The van der Waals surface area contributed by atoms with E-state index in [1.54, 1.807) is 0 Å². The van der Waals surface area contributed by atoms with Gasteiger partial charge in [0, 0.05) is 18.2 Å². The van der Waals surface area contributed by atoms with E-state index in [1.165, 1.54) is 18.2 Å². The Morgan fingerprint density at radius 1 is 1.20 bits per heavy atom. The van der Waals surface area contributed by atoms with Gasteiger partial charge in [0.05, 0.1) is 0 Å². The predicted molar refractivity (Wildman–Crippen MR) is 94.5 cm³/mol. The topological polar surface area (TPSA) is 97.1 Å². The summed E-state index contributed by atoms with van der Waals surface area (Å²) < 4.78 is 5.49. The third-order valence-electron chi connectivity index (χ3n) is 4.84. The number of carbonyl (C=O) groups excluding carboxylic acids is 2. The van der Waals surface area contributed by atoms with Gasteiger partial charge in [-0.1, -0.05) is 31.0 Å². The summed E-state index contributed by atoms with van der Waals surface area (Å²) in [4.78, 5) is 25.3. The number of hydrogen-bond acceptors (Lipinski definition) is 7. The average Bonchev–Trinajstić information content (AvgIpc) is 3.37. The lowest BCUT2D eigenvalue weighted by Gasteiger charge is -2.23. The highest BCUT2D eigenvalue weighted by Gasteiger charge is 2.40. The normalized spacial score (nSPS) is 19.6. The van der Waals surface area contributed by atoms with Gasteiger partial charge in [-0.2, -0.15) is 0 Å². The molecule has 0 aliphatic heterocycles. The lowest BCUT2D eigenvalue weighted by molar-refractivity contribution is -0.126. The summed E-state index contributed by atoms with van der Waals surface area (Å²) in [5.41, 5.74) is 0. The van der Waals surface area contributed by atoms with Gasteiger partial charge >= 0.3 is 0 Å². The molecule has 0 aromatic carbocycles. The fraction of sp³-hybridized carbons (Fsp3) is 0.765. The van der Waals surface area contributed by atoms with E-state index in [1.807, 2.05) is 7.05 Å². The van der Waals surface area contributed by atoms with Crippen molar-refractivity contribution in [3.63, 3.8) is 0 Å². The summed E-state index contributed by atoms with van der Waals surface area (Å²) in [6.45, 7) is 0.818. The number of carbonyl (C=O) groups is 2. The number of thioether (sulfide) groups is 1. The van der Waals surface area contributed by atoms with Crippen LogP contribution in [0.15, 0.2) is 9.64 Å². The van der Waals surface area contributed by atoms with E-state index in [9.17, 15) is 9.59 Å². The molecule has 25 heavy (non-hydrogen) atoms. The zero-order valence-corrected chi connectivity index (χ0v) is 15.4. The minimum atomic E-state index is -0.523. The molecule has 1 atom stereocenters. The van der Waals surface area contributed by atoms with E-state index in [0.717, 1.165) is 50.8 Å². The molecular formula is C17H26N4O3S. The van der Waals surface area contributed by atoms with Crippen molar-refractivity contribution >= 4 is 23.5 Å². The van der Waals surface area contributed by atoms with Gasteiger partial charge in [0.2, 0.25) is 11.7 Å². The van der Waals surface area contributed by atoms with Crippen molar-refractivity contribution in [3.8, 4) is 0 Å². The Morgan fingerprint density at radius 2 is 1.96 bits per heavy atom. The first-order valence-corrected chi connectivity index (χ1v) is 10.1. The van der Waals surface area contributed by atoms with Gasteiger partial charge in [-0.05, 0) is 38.6 Å². The molecule has 2 fully saturated rings. The zero-order valence-electron chi connectivity index (χ0n) is 14.6. The first-order chi connectivity index (χ1) is 12.2. The molecular weight excluding hydrogens is 340 g/mol. The maximum atomic E-state index is 12.8. The largest absolute Gasteiger partial charge is 0.408 e. The molecule has 0 bridgehead atoms. The van der Waals surface area contributed by atoms with Crippen LogP contribution in [0.1, 0.15) is 55.6 Å². The molecule has 2 aliphatic carbocycles. The number of Topliss-reactive ketones (excluding diaryl/α,β-unsaturated/α-hetero) is 1. The molecule has 7 nitrogen and oxygen atoms in total. The lowest BCUT2D eigenvalue weighted by atomic mass is 9.88. The Labute approximate surface area is 152 Å². The van der Waals surface area contributed by atoms with Gasteiger partial charge in [0.25, 0.3) is 11.1 Å². The van der Waals surface area contributed by atoms with Crippen molar-refractivity contribution < 1.29 is 14.0 Å². The van der Waals surface area contributed by atoms with Crippen molar-refractivity contribution in [3.05, 3.63) is 5.89 Å². The molecule has 0 spiro atoms. The minimum absolute atomic E-state index is 0.00722. The molecule has 2 saturated carbocycles. The highest BCUT2D eigenvalue weighted by Crippen LogP contribution is 2.35. The third-order valence-corrected chi connectivity index (χ3v) is 5.66. The van der Waals surface area contributed by atoms with Crippen LogP contribution in [0.5, 0.6) is 0 Å². The summed E-state index contributed by atoms with van der Waals surface area (Å²) in [6.07, 6.45) is 7.14. The maximum Gasteiger partial charge on any atom is 0.286 e. The number of amides is 1. The van der Waals surface area contributed by atoms with Crippen molar-refractivity contribution in [2.75, 3.05) is 19.3 Å². The van der Waals surface area contributed by atoms with Crippen molar-refractivity contribution in [2.24, 2.45) is 11.8 Å². The van der Waals surface area contributed by atoms with Crippen LogP contribution in [0.25, 0.3) is 0 Å². The first kappa shape index (κ1) is 18.4. The summed E-state index contributed by atoms with van der Waals surface area (Å²) in [6, 6.07) is -0.523. The Balaban J connectivity index is 1.60. The predicted octanol–water partition coefficient (Wildman–Crippen LogP) is 2.04. The smallest absolute Gasteiger partial charge is 0.286 e. The second kappa shape index (κ2) is 8.80. The fourth-order valence-electron chi connectivity index (χ4n) is 3.20. The number of nitrogens with one attached hydrogen (secondary N) is 2. The molecule has 2 aliphatic rings. The van der Waals surface area contributed by atoms with Crippen LogP contribution in [0.4, 0.5) is 0 Å². The van der Waals surface area contributed by atoms with Crippen LogP contribution in [-0.4, -0.2) is 47.3 Å². The van der Waals surface area contributed by atoms with Gasteiger partial charge < -0.3 is 15.1 Å². The van der Waals surface area contributed by atoms with Crippen LogP contribution >= 0.6 is 11.8 Å². The Bertz CT molecular complexity index is 596. The van der Waals surface area contributed by atoms with E-state index in [-0.39, 0.29) is 29.4 Å². The number of nitrogens with zero attached hydrogens (tertiary/aromatic N) is 2. The summed E-state index contributed by atoms with van der Waals surface area (Å²) >= 11 is 1.41. The van der Waals surface area contributed by atoms with E-state index in [4.69, 9.17) is 4.42 Å². The van der Waals surface area contributed by atoms with Crippen molar-refractivity contribution in [1.29, 1.82) is 0 Å². The van der Waals surface area contributed by atoms with E-state index >= 15 is 0 Å². The highest BCUT2D eigenvalue weighted by molar-refractivity contribution is 7.99. The Morgan fingerprint density at radius 3 is 2.64 bits per heavy atom. The second-order valence-corrected chi connectivity index (χ2v) is 7.89. The Kier molecular flexibility index (Phi) is 6.47. The highest BCUT2D eigenvalue weighted by atomic mass is 32.2. The molecule has 2 N–H and O–H groups in total. The number of ketones is 1. The average molecular weight is 366 g/mol. The molecule has 1 amide bonds. The molecule has 8 heteroatoms. The molecule has 1 aromatic heterocycles. The van der Waals surface area contributed by atoms with Crippen LogP contribution in [-0.2, 0) is 4.79 Å². The van der Waals surface area contributed by atoms with Crippen molar-refractivity contribution in [2.45, 2.75) is 56.2 Å². The van der Waals surface area contributed by atoms with Gasteiger partial charge in [-0.3, -0.25) is 9.59 Å². The lowest BCUT2D eigenvalue weighted by Crippen LogP contribution is -2.45. The van der Waals surface area contributed by atoms with Crippen LogP contribution < -0.4 is 10.6 Å². The quantitative estimate of drug-likeness (QED) is 0.392. The molecule has 1 heterocycles. The fourth-order valence-corrected chi connectivity index (χ4v) is 3.92. The molecule has 1 unspecified atom stereocenters. The van der Waals surface area contributed by atoms with E-state index in [2.05, 4.69) is 20.8 Å². The van der Waals surface area contributed by atoms with Gasteiger partial charge in [0.15, 0.2) is 0 Å². The summed E-state index contributed by atoms with van der Waals surface area (Å²) in [5.74, 6) is 0.794. The van der Waals surface area contributed by atoms with Crippen LogP contribution in [0.3, 0.4) is 0 Å². The van der Waals surface area contributed by atoms with Crippen molar-refractivity contribution in [1.82, 2.24) is 20.8 Å². The number of aromatic nitrogens is 2. The van der Waals surface area contributed by atoms with E-state index < -0.39 is 6.04 Å². The van der Waals surface area contributed by atoms with Crippen LogP contribution in [0, 0.1) is 11.8 Å². The Hall–Kier alpha value is -1.41. The molecule has 0 saturated heterocycles. The SMILES string of the molecule is CNCCSc1nnc(C(=O)C(NC(=O)C2CCCCC2)C2CC2)o1. The molecule has 3 rings (SSSR count). The molecule has 0 radical (unpaired) electrons. The van der Waals surface area contributed by atoms with Gasteiger partial charge in [-0.25, -0.2) is 0 Å². The third kappa shape index (κ3) is 5.04. The molecule has 1 aromatic rings. The van der Waals surface area contributed by atoms with Gasteiger partial charge in [0.1, 0.15) is 6.04 Å². The standard InChI is InChI=1S/C17H26N4O3S/c1-18-9-10-25-17-21-20-16(24-17)14(22)13(11-7-8-11)19-15(23)12-5-3-2-4-6-12/h11-13,18H,2-10H2,1H3,(H,19,23). The summed E-state index contributed by atoms with van der Waals surface area (Å²) in [7, 11) is 1.87. The second-order valence-electron chi connectivity index (χ2n) is 6.85. The zero-order chi connectivity index (χ0) is 17.6. The minimum Gasteiger partial charge on any atom is -0.408 e. The number of rotatable bonds is 9. The van der Waals surface area contributed by atoms with Crippen LogP contribution in [0.2, 0.25) is 0 Å². The first-order valence-electron chi connectivity index (χ1n) is 9.14.